The van der Waals surface area contributed by atoms with Crippen molar-refractivity contribution in [3.05, 3.63) is 54.0 Å². The number of pyridine rings is 2. The number of aromatic nitrogens is 2. The van der Waals surface area contributed by atoms with Crippen LogP contribution in [0.1, 0.15) is 22.8 Å². The number of amides is 1. The Morgan fingerprint density at radius 2 is 2.10 bits per heavy atom. The van der Waals surface area contributed by atoms with E-state index < -0.39 is 5.97 Å². The highest BCUT2D eigenvalue weighted by Crippen LogP contribution is 2.08. The lowest BCUT2D eigenvalue weighted by atomic mass is 10.2. The summed E-state index contributed by atoms with van der Waals surface area (Å²) in [5, 5.41) is 2.75. The Balaban J connectivity index is 1.94. The molecule has 0 bridgehead atoms. The molecule has 0 fully saturated rings. The van der Waals surface area contributed by atoms with Crippen LogP contribution in [0, 0.1) is 0 Å². The Morgan fingerprint density at radius 1 is 1.25 bits per heavy atom. The van der Waals surface area contributed by atoms with Gasteiger partial charge in [0, 0.05) is 38.1 Å². The summed E-state index contributed by atoms with van der Waals surface area (Å²) in [6.45, 7) is 1.68. The lowest BCUT2D eigenvalue weighted by molar-refractivity contribution is -0.132. The summed E-state index contributed by atoms with van der Waals surface area (Å²) < 4.78 is 4.79. The van der Waals surface area contributed by atoms with E-state index in [9.17, 15) is 9.59 Å². The number of hydrogen-bond donors (Lipinski definition) is 1. The lowest BCUT2D eigenvalue weighted by Crippen LogP contribution is -2.23. The summed E-state index contributed by atoms with van der Waals surface area (Å²) in [6.07, 6.45) is 4.71. The number of nitrogens with one attached hydrogen (secondary N) is 1. The van der Waals surface area contributed by atoms with Crippen LogP contribution >= 0.6 is 0 Å². The van der Waals surface area contributed by atoms with Crippen LogP contribution in [0.4, 0.5) is 0 Å². The Kier molecular flexibility index (Phi) is 4.39. The SMILES string of the molecule is CC(=O)Oc1ccc(C(=O)NCc2cccnc2)cn1. The maximum Gasteiger partial charge on any atom is 0.309 e. The third kappa shape index (κ3) is 3.88. The first-order valence-corrected chi connectivity index (χ1v) is 5.97. The van der Waals surface area contributed by atoms with Gasteiger partial charge in [-0.3, -0.25) is 14.6 Å². The molecule has 6 nitrogen and oxygen atoms in total. The smallest absolute Gasteiger partial charge is 0.309 e. The highest BCUT2D eigenvalue weighted by Gasteiger charge is 2.07. The standard InChI is InChI=1S/C14H13N3O3/c1-10(18)20-13-5-4-12(9-16-13)14(19)17-8-11-3-2-6-15-7-11/h2-7,9H,8H2,1H3,(H,17,19). The molecule has 102 valence electrons. The summed E-state index contributed by atoms with van der Waals surface area (Å²) in [6, 6.07) is 6.69. The van der Waals surface area contributed by atoms with Gasteiger partial charge < -0.3 is 10.1 Å². The Morgan fingerprint density at radius 3 is 2.70 bits per heavy atom. The van der Waals surface area contributed by atoms with E-state index in [1.54, 1.807) is 24.5 Å². The first-order chi connectivity index (χ1) is 9.65. The van der Waals surface area contributed by atoms with Crippen LogP contribution in [0.3, 0.4) is 0 Å². The van der Waals surface area contributed by atoms with Crippen molar-refractivity contribution < 1.29 is 14.3 Å². The van der Waals surface area contributed by atoms with Gasteiger partial charge in [-0.2, -0.15) is 0 Å². The third-order valence-electron chi connectivity index (χ3n) is 2.42. The average molecular weight is 271 g/mol. The molecule has 0 aliphatic heterocycles. The summed E-state index contributed by atoms with van der Waals surface area (Å²) in [5.74, 6) is -0.539. The lowest BCUT2D eigenvalue weighted by Gasteiger charge is -2.05. The molecule has 1 N–H and O–H groups in total. The van der Waals surface area contributed by atoms with Crippen LogP contribution in [0.2, 0.25) is 0 Å². The Hall–Kier alpha value is -2.76. The van der Waals surface area contributed by atoms with Gasteiger partial charge in [0.15, 0.2) is 0 Å². The predicted molar refractivity (Wildman–Crippen MR) is 71.0 cm³/mol. The van der Waals surface area contributed by atoms with Crippen molar-refractivity contribution in [3.8, 4) is 5.88 Å². The van der Waals surface area contributed by atoms with Gasteiger partial charge in [0.1, 0.15) is 0 Å². The van der Waals surface area contributed by atoms with Gasteiger partial charge in [0.25, 0.3) is 5.91 Å². The fourth-order valence-electron chi connectivity index (χ4n) is 1.51. The average Bonchev–Trinajstić information content (AvgIpc) is 2.46. The minimum atomic E-state index is -0.453. The minimum Gasteiger partial charge on any atom is -0.408 e. The van der Waals surface area contributed by atoms with E-state index in [-0.39, 0.29) is 11.8 Å². The van der Waals surface area contributed by atoms with E-state index in [0.717, 1.165) is 5.56 Å². The van der Waals surface area contributed by atoms with Gasteiger partial charge in [-0.15, -0.1) is 0 Å². The second-order valence-corrected chi connectivity index (χ2v) is 4.02. The molecule has 20 heavy (non-hydrogen) atoms. The van der Waals surface area contributed by atoms with Gasteiger partial charge >= 0.3 is 5.97 Å². The highest BCUT2D eigenvalue weighted by atomic mass is 16.5. The monoisotopic (exact) mass is 271 g/mol. The molecule has 0 aromatic carbocycles. The molecule has 2 rings (SSSR count). The minimum absolute atomic E-state index is 0.168. The summed E-state index contributed by atoms with van der Waals surface area (Å²) in [5.41, 5.74) is 1.30. The van der Waals surface area contributed by atoms with E-state index in [1.165, 1.54) is 19.2 Å². The zero-order chi connectivity index (χ0) is 14.4. The first kappa shape index (κ1) is 13.7. The fraction of sp³-hybridized carbons (Fsp3) is 0.143. The van der Waals surface area contributed by atoms with Gasteiger partial charge in [0.2, 0.25) is 5.88 Å². The molecular formula is C14H13N3O3. The van der Waals surface area contributed by atoms with Crippen molar-refractivity contribution in [1.29, 1.82) is 0 Å². The molecule has 0 spiro atoms. The van der Waals surface area contributed by atoms with E-state index in [2.05, 4.69) is 15.3 Å². The van der Waals surface area contributed by atoms with E-state index >= 15 is 0 Å². The van der Waals surface area contributed by atoms with Gasteiger partial charge in [-0.05, 0) is 17.7 Å². The summed E-state index contributed by atoms with van der Waals surface area (Å²) in [7, 11) is 0. The molecule has 0 unspecified atom stereocenters. The molecule has 2 heterocycles. The van der Waals surface area contributed by atoms with Crippen molar-refractivity contribution in [2.75, 3.05) is 0 Å². The third-order valence-corrected chi connectivity index (χ3v) is 2.42. The highest BCUT2D eigenvalue weighted by molar-refractivity contribution is 5.93. The largest absolute Gasteiger partial charge is 0.408 e. The Labute approximate surface area is 115 Å². The van der Waals surface area contributed by atoms with Crippen molar-refractivity contribution in [3.63, 3.8) is 0 Å². The second kappa shape index (κ2) is 6.42. The van der Waals surface area contributed by atoms with E-state index in [0.29, 0.717) is 12.1 Å². The molecule has 2 aromatic heterocycles. The van der Waals surface area contributed by atoms with Gasteiger partial charge in [-0.25, -0.2) is 4.98 Å². The number of ether oxygens (including phenoxy) is 1. The van der Waals surface area contributed by atoms with Gasteiger partial charge in [0.05, 0.1) is 5.56 Å². The van der Waals surface area contributed by atoms with Crippen molar-refractivity contribution in [1.82, 2.24) is 15.3 Å². The molecule has 0 aliphatic carbocycles. The van der Waals surface area contributed by atoms with Crippen LogP contribution in [-0.2, 0) is 11.3 Å². The van der Waals surface area contributed by atoms with E-state index in [4.69, 9.17) is 4.74 Å². The van der Waals surface area contributed by atoms with Crippen LogP contribution in [0.25, 0.3) is 0 Å². The van der Waals surface area contributed by atoms with Crippen LogP contribution in [0.5, 0.6) is 5.88 Å². The molecule has 1 amide bonds. The molecule has 0 saturated heterocycles. The number of nitrogens with zero attached hydrogens (tertiary/aromatic N) is 2. The maximum absolute atomic E-state index is 11.9. The number of esters is 1. The van der Waals surface area contributed by atoms with Crippen molar-refractivity contribution in [2.24, 2.45) is 0 Å². The number of carbonyl (C=O) groups excluding carboxylic acids is 2. The van der Waals surface area contributed by atoms with Crippen molar-refractivity contribution >= 4 is 11.9 Å². The zero-order valence-electron chi connectivity index (χ0n) is 10.9. The Bertz CT molecular complexity index is 597. The van der Waals surface area contributed by atoms with Crippen LogP contribution < -0.4 is 10.1 Å². The second-order valence-electron chi connectivity index (χ2n) is 4.02. The summed E-state index contributed by atoms with van der Waals surface area (Å²) in [4.78, 5) is 30.5. The molecule has 0 aliphatic rings. The maximum atomic E-state index is 11.9. The molecule has 0 radical (unpaired) electrons. The van der Waals surface area contributed by atoms with Crippen LogP contribution in [0.15, 0.2) is 42.9 Å². The predicted octanol–water partition coefficient (Wildman–Crippen LogP) is 1.33. The number of hydrogen-bond acceptors (Lipinski definition) is 5. The molecular weight excluding hydrogens is 258 g/mol. The molecule has 6 heteroatoms. The zero-order valence-corrected chi connectivity index (χ0v) is 10.9. The number of rotatable bonds is 4. The first-order valence-electron chi connectivity index (χ1n) is 5.97. The normalized spacial score (nSPS) is 9.85. The van der Waals surface area contributed by atoms with E-state index in [1.807, 2.05) is 6.07 Å². The topological polar surface area (TPSA) is 81.2 Å². The molecule has 0 atom stereocenters. The fourth-order valence-corrected chi connectivity index (χ4v) is 1.51. The molecule has 2 aromatic rings. The number of carbonyl (C=O) groups is 2. The molecule has 0 saturated carbocycles. The van der Waals surface area contributed by atoms with Crippen molar-refractivity contribution in [2.45, 2.75) is 13.5 Å². The van der Waals surface area contributed by atoms with Crippen LogP contribution in [-0.4, -0.2) is 21.8 Å². The quantitative estimate of drug-likeness (QED) is 0.848. The van der Waals surface area contributed by atoms with Gasteiger partial charge in [-0.1, -0.05) is 6.07 Å². The summed E-state index contributed by atoms with van der Waals surface area (Å²) >= 11 is 0.